The molecule has 0 radical (unpaired) electrons. The van der Waals surface area contributed by atoms with Gasteiger partial charge in [0.25, 0.3) is 6.01 Å². The quantitative estimate of drug-likeness (QED) is 0.116. The first kappa shape index (κ1) is 34.0. The molecule has 0 aliphatic carbocycles. The summed E-state index contributed by atoms with van der Waals surface area (Å²) >= 11 is 0. The third-order valence-electron chi connectivity index (χ3n) is 7.57. The first-order valence-electron chi connectivity index (χ1n) is 15.7. The zero-order valence-corrected chi connectivity index (χ0v) is 28.6. The van der Waals surface area contributed by atoms with Crippen molar-refractivity contribution >= 4 is 74.2 Å². The van der Waals surface area contributed by atoms with E-state index >= 15 is 0 Å². The van der Waals surface area contributed by atoms with E-state index in [2.05, 4.69) is 45.4 Å². The Labute approximate surface area is 290 Å². The minimum Gasteiger partial charge on any atom is -0.453 e. The fourth-order valence-electron chi connectivity index (χ4n) is 5.34. The van der Waals surface area contributed by atoms with Crippen LogP contribution in [0.1, 0.15) is 50.7 Å². The van der Waals surface area contributed by atoms with Gasteiger partial charge in [0.1, 0.15) is 40.8 Å². The van der Waals surface area contributed by atoms with Gasteiger partial charge < -0.3 is 36.2 Å². The van der Waals surface area contributed by atoms with Crippen LogP contribution in [0.5, 0.6) is 0 Å². The summed E-state index contributed by atoms with van der Waals surface area (Å²) in [6, 6.07) is 11.0. The number of hydrogen-bond acceptors (Lipinski definition) is 16. The van der Waals surface area contributed by atoms with E-state index < -0.39 is 6.09 Å². The predicted octanol–water partition coefficient (Wildman–Crippen LogP) is 5.30. The van der Waals surface area contributed by atoms with Crippen LogP contribution in [0.15, 0.2) is 51.7 Å². The van der Waals surface area contributed by atoms with Crippen LogP contribution >= 0.6 is 0 Å². The summed E-state index contributed by atoms with van der Waals surface area (Å²) in [6.07, 6.45) is 0.674. The fourth-order valence-corrected chi connectivity index (χ4v) is 5.34. The molecule has 5 aromatic heterocycles. The highest BCUT2D eigenvalue weighted by molar-refractivity contribution is 6.17. The highest BCUT2D eigenvalue weighted by atomic mass is 16.5. The van der Waals surface area contributed by atoms with Gasteiger partial charge in [-0.1, -0.05) is 5.16 Å². The number of anilines is 5. The molecule has 18 heteroatoms. The molecule has 0 saturated heterocycles. The van der Waals surface area contributed by atoms with Crippen LogP contribution < -0.4 is 27.8 Å². The van der Waals surface area contributed by atoms with Crippen molar-refractivity contribution in [3.63, 3.8) is 0 Å². The van der Waals surface area contributed by atoms with Crippen molar-refractivity contribution in [2.24, 2.45) is 0 Å². The lowest BCUT2D eigenvalue weighted by Gasteiger charge is -2.15. The number of carbonyl (C=O) groups is 1. The molecule has 0 unspecified atom stereocenters. The number of nitrogens with two attached hydrogens (primary N) is 3. The van der Waals surface area contributed by atoms with Crippen molar-refractivity contribution < 1.29 is 18.5 Å². The molecule has 0 aliphatic rings. The van der Waals surface area contributed by atoms with Crippen molar-refractivity contribution in [3.05, 3.63) is 59.7 Å². The van der Waals surface area contributed by atoms with E-state index in [0.29, 0.717) is 50.7 Å². The lowest BCUT2D eigenvalue weighted by Crippen LogP contribution is -2.18. The standard InChI is InChI=1S/C17H19N7O3.C16H17N7O/c1-8(2)22-16-12(14(19)20-7-21-16)13(18)9-4-5-11-10(6-9)15(24-27-11)23-17(25)26-3;1-7(2)23-15-12(14(17)19-8(3)20-15)13(22-23)9-4-5-11-10(6-9)21-16(18)24-11/h4-8,18H,1-3H3,(H,23,24,25)(H3,19,20,21,22);4-7H,1-3H3,(H2,18,21)(H2,17,19,20). The molecule has 0 bridgehead atoms. The van der Waals surface area contributed by atoms with Gasteiger partial charge in [-0.3, -0.25) is 10.7 Å². The van der Waals surface area contributed by atoms with Gasteiger partial charge in [0.2, 0.25) is 0 Å². The van der Waals surface area contributed by atoms with Gasteiger partial charge in [-0.25, -0.2) is 29.4 Å². The molecule has 18 nitrogen and oxygen atoms in total. The summed E-state index contributed by atoms with van der Waals surface area (Å²) in [6.45, 7) is 9.83. The Hall–Kier alpha value is -6.85. The summed E-state index contributed by atoms with van der Waals surface area (Å²) in [4.78, 5) is 32.6. The van der Waals surface area contributed by atoms with E-state index in [1.807, 2.05) is 57.5 Å². The molecule has 0 fully saturated rings. The number of rotatable bonds is 7. The summed E-state index contributed by atoms with van der Waals surface area (Å²) in [5.74, 6) is 1.90. The fraction of sp³-hybridized carbons (Fsp3) is 0.242. The van der Waals surface area contributed by atoms with Gasteiger partial charge in [0, 0.05) is 23.2 Å². The number of amides is 1. The maximum atomic E-state index is 11.5. The van der Waals surface area contributed by atoms with Crippen molar-refractivity contribution in [3.8, 4) is 11.3 Å². The number of aromatic nitrogens is 8. The Kier molecular flexibility index (Phi) is 9.06. The van der Waals surface area contributed by atoms with Crippen molar-refractivity contribution in [1.82, 2.24) is 39.9 Å². The van der Waals surface area contributed by atoms with Crippen molar-refractivity contribution in [1.29, 1.82) is 5.41 Å². The van der Waals surface area contributed by atoms with Crippen LogP contribution in [0.3, 0.4) is 0 Å². The molecule has 0 aliphatic heterocycles. The average molecular weight is 693 g/mol. The van der Waals surface area contributed by atoms with Gasteiger partial charge in [0.05, 0.1) is 29.2 Å². The van der Waals surface area contributed by atoms with E-state index in [1.165, 1.54) is 13.4 Å². The smallest absolute Gasteiger partial charge is 0.412 e. The molecule has 5 heterocycles. The Bertz CT molecular complexity index is 2430. The molecular weight excluding hydrogens is 656 g/mol. The lowest BCUT2D eigenvalue weighted by molar-refractivity contribution is 0.186. The predicted molar refractivity (Wildman–Crippen MR) is 193 cm³/mol. The van der Waals surface area contributed by atoms with Crippen molar-refractivity contribution in [2.45, 2.75) is 46.7 Å². The second kappa shape index (κ2) is 13.6. The van der Waals surface area contributed by atoms with Gasteiger partial charge in [-0.05, 0) is 71.0 Å². The van der Waals surface area contributed by atoms with Gasteiger partial charge in [-0.2, -0.15) is 10.1 Å². The topological polar surface area (TPSA) is 274 Å². The second-order valence-corrected chi connectivity index (χ2v) is 12.0. The van der Waals surface area contributed by atoms with Crippen LogP contribution in [0.25, 0.3) is 44.4 Å². The van der Waals surface area contributed by atoms with E-state index in [-0.39, 0.29) is 35.4 Å². The van der Waals surface area contributed by atoms with Gasteiger partial charge in [-0.15, -0.1) is 0 Å². The monoisotopic (exact) mass is 692 g/mol. The number of nitrogens with zero attached hydrogens (tertiary/aromatic N) is 8. The Morgan fingerprint density at radius 1 is 0.961 bits per heavy atom. The van der Waals surface area contributed by atoms with Gasteiger partial charge >= 0.3 is 6.09 Å². The number of nitrogens with one attached hydrogen (secondary N) is 3. The molecule has 7 aromatic rings. The molecule has 262 valence electrons. The molecule has 0 saturated carbocycles. The normalized spacial score (nSPS) is 11.3. The first-order chi connectivity index (χ1) is 24.3. The number of oxazole rings is 1. The molecule has 0 spiro atoms. The number of ether oxygens (including phenoxy) is 1. The maximum Gasteiger partial charge on any atom is 0.412 e. The minimum atomic E-state index is -0.671. The summed E-state index contributed by atoms with van der Waals surface area (Å²) in [5, 5.41) is 24.0. The molecule has 51 heavy (non-hydrogen) atoms. The lowest BCUT2D eigenvalue weighted by atomic mass is 10.0. The largest absolute Gasteiger partial charge is 0.453 e. The van der Waals surface area contributed by atoms with Gasteiger partial charge in [0.15, 0.2) is 22.6 Å². The molecule has 7 rings (SSSR count). The number of aryl methyl sites for hydroxylation is 1. The number of nitrogen functional groups attached to an aromatic ring is 3. The summed E-state index contributed by atoms with van der Waals surface area (Å²) < 4.78 is 16.9. The average Bonchev–Trinajstić information content (AvgIpc) is 3.78. The Balaban J connectivity index is 0.000000177. The summed E-state index contributed by atoms with van der Waals surface area (Å²) in [7, 11) is 1.25. The number of benzene rings is 2. The highest BCUT2D eigenvalue weighted by Crippen LogP contribution is 2.34. The zero-order chi connectivity index (χ0) is 36.6. The third-order valence-corrected chi connectivity index (χ3v) is 7.57. The molecule has 0 atom stereocenters. The van der Waals surface area contributed by atoms with Crippen molar-refractivity contribution in [2.75, 3.05) is 34.9 Å². The number of fused-ring (bicyclic) bond motifs is 3. The van der Waals surface area contributed by atoms with E-state index in [9.17, 15) is 4.79 Å². The zero-order valence-electron chi connectivity index (χ0n) is 28.6. The second-order valence-electron chi connectivity index (χ2n) is 12.0. The van der Waals surface area contributed by atoms with E-state index in [4.69, 9.17) is 36.6 Å². The molecule has 1 amide bonds. The third kappa shape index (κ3) is 6.74. The summed E-state index contributed by atoms with van der Waals surface area (Å²) in [5.41, 5.74) is 22.9. The molecule has 2 aromatic carbocycles. The number of methoxy groups -OCH3 is 1. The van der Waals surface area contributed by atoms with Crippen LogP contribution in [0.4, 0.5) is 34.1 Å². The van der Waals surface area contributed by atoms with Crippen LogP contribution in [0, 0.1) is 12.3 Å². The highest BCUT2D eigenvalue weighted by Gasteiger charge is 2.21. The SMILES string of the molecule is COC(=O)Nc1noc2ccc(C(=N)c3c(N)ncnc3NC(C)C)cc12.Cc1nc(N)c2c(-c3ccc4oc(N)nc4c3)nn(C(C)C)c2n1. The first-order valence-corrected chi connectivity index (χ1v) is 15.7. The van der Waals surface area contributed by atoms with Crippen LogP contribution in [-0.2, 0) is 4.74 Å². The van der Waals surface area contributed by atoms with E-state index in [1.54, 1.807) is 18.2 Å². The maximum absolute atomic E-state index is 11.5. The Morgan fingerprint density at radius 2 is 1.73 bits per heavy atom. The molecule has 9 N–H and O–H groups in total. The van der Waals surface area contributed by atoms with Crippen LogP contribution in [0.2, 0.25) is 0 Å². The molecular formula is C33H36N14O4. The minimum absolute atomic E-state index is 0.0993. The Morgan fingerprint density at radius 3 is 2.45 bits per heavy atom. The number of hydrogen-bond donors (Lipinski definition) is 6. The van der Waals surface area contributed by atoms with E-state index in [0.717, 1.165) is 22.3 Å². The van der Waals surface area contributed by atoms with Crippen LogP contribution in [-0.4, -0.2) is 64.8 Å². The number of carbonyl (C=O) groups excluding carboxylic acids is 1.